The van der Waals surface area contributed by atoms with E-state index in [9.17, 15) is 0 Å². The van der Waals surface area contributed by atoms with Crippen molar-refractivity contribution in [2.24, 2.45) is 0 Å². The molecule has 0 radical (unpaired) electrons. The van der Waals surface area contributed by atoms with Crippen LogP contribution < -0.4 is 0 Å². The lowest BCUT2D eigenvalue weighted by molar-refractivity contribution is 0.518. The van der Waals surface area contributed by atoms with E-state index in [0.29, 0.717) is 23.2 Å². The molecule has 1 heterocycles. The second-order valence-corrected chi connectivity index (χ2v) is 5.70. The zero-order chi connectivity index (χ0) is 15.6. The van der Waals surface area contributed by atoms with Crippen molar-refractivity contribution in [2.75, 3.05) is 0 Å². The molecule has 0 saturated heterocycles. The van der Waals surface area contributed by atoms with E-state index in [4.69, 9.17) is 16.0 Å². The first-order valence-corrected chi connectivity index (χ1v) is 7.73. The summed E-state index contributed by atoms with van der Waals surface area (Å²) >= 11 is 6.18. The molecular weight excluding hydrogens is 308 g/mol. The molecule has 1 aromatic heterocycles. The molecule has 23 heavy (non-hydrogen) atoms. The topological polar surface area (TPSA) is 38.9 Å². The Morgan fingerprint density at radius 3 is 2.52 bits per heavy atom. The van der Waals surface area contributed by atoms with Crippen LogP contribution >= 0.6 is 11.6 Å². The van der Waals surface area contributed by atoms with Crippen LogP contribution in [0.4, 0.5) is 0 Å². The van der Waals surface area contributed by atoms with Gasteiger partial charge < -0.3 is 4.42 Å². The summed E-state index contributed by atoms with van der Waals surface area (Å²) in [6, 6.07) is 22.0. The summed E-state index contributed by atoms with van der Waals surface area (Å²) in [6.45, 7) is 0. The highest BCUT2D eigenvalue weighted by atomic mass is 35.5. The number of fused-ring (bicyclic) bond motifs is 1. The van der Waals surface area contributed by atoms with Gasteiger partial charge in [0.1, 0.15) is 0 Å². The van der Waals surface area contributed by atoms with Crippen molar-refractivity contribution in [1.82, 2.24) is 10.2 Å². The molecule has 3 aromatic carbocycles. The Labute approximate surface area is 138 Å². The molecule has 0 saturated carbocycles. The normalized spacial score (nSPS) is 11.0. The Morgan fingerprint density at radius 1 is 0.826 bits per heavy atom. The number of halogens is 1. The van der Waals surface area contributed by atoms with E-state index in [-0.39, 0.29) is 0 Å². The van der Waals surface area contributed by atoms with Gasteiger partial charge in [0, 0.05) is 0 Å². The molecule has 4 rings (SSSR count). The smallest absolute Gasteiger partial charge is 0.249 e. The summed E-state index contributed by atoms with van der Waals surface area (Å²) < 4.78 is 5.80. The lowest BCUT2D eigenvalue weighted by Crippen LogP contribution is -1.90. The highest BCUT2D eigenvalue weighted by molar-refractivity contribution is 6.33. The molecule has 0 aliphatic carbocycles. The van der Waals surface area contributed by atoms with Gasteiger partial charge in [-0.3, -0.25) is 0 Å². The van der Waals surface area contributed by atoms with Gasteiger partial charge >= 0.3 is 0 Å². The largest absolute Gasteiger partial charge is 0.420 e. The molecule has 0 unspecified atom stereocenters. The van der Waals surface area contributed by atoms with Crippen LogP contribution in [0, 0.1) is 0 Å². The van der Waals surface area contributed by atoms with Crippen LogP contribution in [0.15, 0.2) is 71.1 Å². The summed E-state index contributed by atoms with van der Waals surface area (Å²) in [7, 11) is 0. The summed E-state index contributed by atoms with van der Waals surface area (Å²) in [5.74, 6) is 1.03. The van der Waals surface area contributed by atoms with E-state index in [1.165, 1.54) is 10.8 Å². The van der Waals surface area contributed by atoms with Gasteiger partial charge in [0.25, 0.3) is 0 Å². The van der Waals surface area contributed by atoms with Gasteiger partial charge in [0.2, 0.25) is 11.8 Å². The van der Waals surface area contributed by atoms with Crippen LogP contribution in [-0.4, -0.2) is 10.2 Å². The molecule has 112 valence electrons. The fourth-order valence-electron chi connectivity index (χ4n) is 2.68. The first-order valence-electron chi connectivity index (χ1n) is 7.35. The van der Waals surface area contributed by atoms with Crippen LogP contribution in [0.25, 0.3) is 22.2 Å². The number of benzene rings is 3. The zero-order valence-corrected chi connectivity index (χ0v) is 13.0. The SMILES string of the molecule is Clc1ccccc1-c1nnc(Cc2cccc3ccccc23)o1. The predicted octanol–water partition coefficient (Wildman–Crippen LogP) is 5.13. The quantitative estimate of drug-likeness (QED) is 0.525. The molecule has 4 aromatic rings. The monoisotopic (exact) mass is 320 g/mol. The molecule has 4 heteroatoms. The van der Waals surface area contributed by atoms with Crippen LogP contribution in [0.3, 0.4) is 0 Å². The maximum absolute atomic E-state index is 6.18. The minimum atomic E-state index is 0.450. The van der Waals surface area contributed by atoms with E-state index in [0.717, 1.165) is 11.1 Å². The first kappa shape index (κ1) is 14.0. The van der Waals surface area contributed by atoms with Crippen molar-refractivity contribution in [1.29, 1.82) is 0 Å². The fraction of sp³-hybridized carbons (Fsp3) is 0.0526. The first-order chi connectivity index (χ1) is 11.3. The van der Waals surface area contributed by atoms with Crippen LogP contribution in [0.2, 0.25) is 5.02 Å². The van der Waals surface area contributed by atoms with E-state index in [2.05, 4.69) is 34.5 Å². The van der Waals surface area contributed by atoms with Crippen molar-refractivity contribution in [3.8, 4) is 11.5 Å². The second-order valence-electron chi connectivity index (χ2n) is 5.30. The highest BCUT2D eigenvalue weighted by Gasteiger charge is 2.12. The van der Waals surface area contributed by atoms with Crippen molar-refractivity contribution >= 4 is 22.4 Å². The number of nitrogens with zero attached hydrogens (tertiary/aromatic N) is 2. The average molecular weight is 321 g/mol. The van der Waals surface area contributed by atoms with Gasteiger partial charge in [0.15, 0.2) is 0 Å². The molecule has 0 N–H and O–H groups in total. The van der Waals surface area contributed by atoms with Gasteiger partial charge in [-0.15, -0.1) is 10.2 Å². The van der Waals surface area contributed by atoms with Crippen molar-refractivity contribution in [2.45, 2.75) is 6.42 Å². The molecule has 0 fully saturated rings. The average Bonchev–Trinajstić information content (AvgIpc) is 3.04. The third kappa shape index (κ3) is 2.71. The lowest BCUT2D eigenvalue weighted by atomic mass is 10.0. The van der Waals surface area contributed by atoms with Gasteiger partial charge in [-0.2, -0.15) is 0 Å². The summed E-state index contributed by atoms with van der Waals surface area (Å²) in [5, 5.41) is 11.3. The van der Waals surface area contributed by atoms with Gasteiger partial charge in [0.05, 0.1) is 17.0 Å². The molecular formula is C19H13ClN2O. The predicted molar refractivity (Wildman–Crippen MR) is 91.5 cm³/mol. The van der Waals surface area contributed by atoms with Gasteiger partial charge in [-0.05, 0) is 28.5 Å². The summed E-state index contributed by atoms with van der Waals surface area (Å²) in [5.41, 5.74) is 1.92. The van der Waals surface area contributed by atoms with E-state index >= 15 is 0 Å². The van der Waals surface area contributed by atoms with Crippen LogP contribution in [-0.2, 0) is 6.42 Å². The molecule has 0 bridgehead atoms. The molecule has 0 atom stereocenters. The number of hydrogen-bond acceptors (Lipinski definition) is 3. The number of aromatic nitrogens is 2. The maximum atomic E-state index is 6.18. The Morgan fingerprint density at radius 2 is 1.61 bits per heavy atom. The van der Waals surface area contributed by atoms with E-state index in [1.54, 1.807) is 0 Å². The zero-order valence-electron chi connectivity index (χ0n) is 12.2. The second kappa shape index (κ2) is 5.86. The number of hydrogen-bond donors (Lipinski definition) is 0. The van der Waals surface area contributed by atoms with Crippen LogP contribution in [0.5, 0.6) is 0 Å². The Balaban J connectivity index is 1.69. The molecule has 0 aliphatic rings. The van der Waals surface area contributed by atoms with E-state index < -0.39 is 0 Å². The number of rotatable bonds is 3. The fourth-order valence-corrected chi connectivity index (χ4v) is 2.89. The van der Waals surface area contributed by atoms with Gasteiger partial charge in [-0.25, -0.2) is 0 Å². The van der Waals surface area contributed by atoms with Crippen molar-refractivity contribution in [3.63, 3.8) is 0 Å². The van der Waals surface area contributed by atoms with Crippen molar-refractivity contribution in [3.05, 3.63) is 83.2 Å². The minimum Gasteiger partial charge on any atom is -0.420 e. The standard InChI is InChI=1S/C19H13ClN2O/c20-17-11-4-3-10-16(17)19-22-21-18(23-19)12-14-8-5-7-13-6-1-2-9-15(13)14/h1-11H,12H2. The van der Waals surface area contributed by atoms with Gasteiger partial charge in [-0.1, -0.05) is 66.2 Å². The molecule has 0 amide bonds. The summed E-state index contributed by atoms with van der Waals surface area (Å²) in [4.78, 5) is 0. The van der Waals surface area contributed by atoms with Crippen LogP contribution in [0.1, 0.15) is 11.5 Å². The third-order valence-electron chi connectivity index (χ3n) is 3.79. The Hall–Kier alpha value is -2.65. The maximum Gasteiger partial charge on any atom is 0.249 e. The Kier molecular flexibility index (Phi) is 3.56. The molecule has 3 nitrogen and oxygen atoms in total. The van der Waals surface area contributed by atoms with Crippen molar-refractivity contribution < 1.29 is 4.42 Å². The third-order valence-corrected chi connectivity index (χ3v) is 4.12. The minimum absolute atomic E-state index is 0.450. The summed E-state index contributed by atoms with van der Waals surface area (Å²) in [6.07, 6.45) is 0.596. The van der Waals surface area contributed by atoms with E-state index in [1.807, 2.05) is 42.5 Å². The molecule has 0 aliphatic heterocycles. The molecule has 0 spiro atoms. The Bertz CT molecular complexity index is 972. The highest BCUT2D eigenvalue weighted by Crippen LogP contribution is 2.27. The lowest BCUT2D eigenvalue weighted by Gasteiger charge is -2.03.